The Bertz CT molecular complexity index is 503. The Morgan fingerprint density at radius 1 is 1.12 bits per heavy atom. The van der Waals surface area contributed by atoms with Crippen molar-refractivity contribution in [1.82, 2.24) is 10.6 Å². The quantitative estimate of drug-likeness (QED) is 0.298. The maximum atomic E-state index is 12.9. The molecule has 0 aliphatic heterocycles. The molecule has 6 heteroatoms. The minimum absolute atomic E-state index is 0.143. The van der Waals surface area contributed by atoms with Crippen molar-refractivity contribution in [3.8, 4) is 0 Å². The van der Waals surface area contributed by atoms with Gasteiger partial charge in [0.25, 0.3) is 0 Å². The molecule has 1 aromatic rings. The van der Waals surface area contributed by atoms with E-state index in [-0.39, 0.29) is 11.8 Å². The van der Waals surface area contributed by atoms with Gasteiger partial charge in [0.2, 0.25) is 0 Å². The number of methoxy groups -OCH3 is 1. The van der Waals surface area contributed by atoms with Gasteiger partial charge in [-0.2, -0.15) is 0 Å². The van der Waals surface area contributed by atoms with Crippen LogP contribution in [0.2, 0.25) is 0 Å². The first-order chi connectivity index (χ1) is 11.7. The van der Waals surface area contributed by atoms with Crippen molar-refractivity contribution in [2.75, 3.05) is 20.2 Å². The first kappa shape index (κ1) is 19.9. The van der Waals surface area contributed by atoms with Gasteiger partial charge in [-0.15, -0.1) is 0 Å². The number of esters is 1. The van der Waals surface area contributed by atoms with E-state index in [2.05, 4.69) is 20.4 Å². The molecule has 5 nitrogen and oxygen atoms in total. The van der Waals surface area contributed by atoms with E-state index in [4.69, 9.17) is 0 Å². The molecular weight excluding hydrogens is 309 g/mol. The minimum Gasteiger partial charge on any atom is -0.469 e. The fourth-order valence-corrected chi connectivity index (χ4v) is 2.16. The van der Waals surface area contributed by atoms with Crippen LogP contribution in [0, 0.1) is 5.82 Å². The first-order valence-corrected chi connectivity index (χ1v) is 8.49. The van der Waals surface area contributed by atoms with E-state index in [0.29, 0.717) is 13.0 Å². The van der Waals surface area contributed by atoms with Crippen molar-refractivity contribution >= 4 is 11.9 Å². The van der Waals surface area contributed by atoms with Gasteiger partial charge < -0.3 is 15.4 Å². The van der Waals surface area contributed by atoms with Crippen molar-refractivity contribution in [2.24, 2.45) is 4.99 Å². The molecule has 2 N–H and O–H groups in total. The van der Waals surface area contributed by atoms with Crippen molar-refractivity contribution in [1.29, 1.82) is 0 Å². The van der Waals surface area contributed by atoms with Gasteiger partial charge in [-0.25, -0.2) is 9.38 Å². The highest BCUT2D eigenvalue weighted by Gasteiger charge is 2.00. The topological polar surface area (TPSA) is 62.7 Å². The predicted octanol–water partition coefficient (Wildman–Crippen LogP) is 3.00. The summed E-state index contributed by atoms with van der Waals surface area (Å²) in [6.45, 7) is 4.14. The molecule has 24 heavy (non-hydrogen) atoms. The van der Waals surface area contributed by atoms with Crippen LogP contribution in [0.25, 0.3) is 0 Å². The molecular formula is C18H28FN3O2. The number of hydrogen-bond acceptors (Lipinski definition) is 3. The van der Waals surface area contributed by atoms with Crippen molar-refractivity contribution in [2.45, 2.75) is 45.6 Å². The number of guanidine groups is 1. The molecule has 1 rings (SSSR count). The van der Waals surface area contributed by atoms with Gasteiger partial charge in [0.15, 0.2) is 5.96 Å². The number of aliphatic imine (C=N–C) groups is 1. The van der Waals surface area contributed by atoms with E-state index < -0.39 is 0 Å². The minimum atomic E-state index is -0.236. The van der Waals surface area contributed by atoms with Crippen LogP contribution in [-0.4, -0.2) is 32.1 Å². The van der Waals surface area contributed by atoms with Gasteiger partial charge >= 0.3 is 5.97 Å². The Morgan fingerprint density at radius 2 is 1.83 bits per heavy atom. The van der Waals surface area contributed by atoms with Gasteiger partial charge in [0, 0.05) is 19.5 Å². The van der Waals surface area contributed by atoms with Crippen LogP contribution in [0.3, 0.4) is 0 Å². The highest BCUT2D eigenvalue weighted by atomic mass is 19.1. The molecule has 0 heterocycles. The van der Waals surface area contributed by atoms with Crippen molar-refractivity contribution < 1.29 is 13.9 Å². The maximum Gasteiger partial charge on any atom is 0.305 e. The fraction of sp³-hybridized carbons (Fsp3) is 0.556. The van der Waals surface area contributed by atoms with E-state index in [1.165, 1.54) is 19.2 Å². The van der Waals surface area contributed by atoms with E-state index in [0.717, 1.165) is 50.3 Å². The van der Waals surface area contributed by atoms with Gasteiger partial charge in [-0.05, 0) is 37.5 Å². The molecule has 0 bridgehead atoms. The fourth-order valence-electron chi connectivity index (χ4n) is 2.16. The summed E-state index contributed by atoms with van der Waals surface area (Å²) in [6.07, 6.45) is 4.45. The Kier molecular flexibility index (Phi) is 10.2. The zero-order chi connectivity index (χ0) is 17.6. The summed E-state index contributed by atoms with van der Waals surface area (Å²) < 4.78 is 17.5. The van der Waals surface area contributed by atoms with Crippen LogP contribution in [0.4, 0.5) is 4.39 Å². The Hall–Kier alpha value is -2.11. The summed E-state index contributed by atoms with van der Waals surface area (Å²) in [5.74, 6) is 0.381. The lowest BCUT2D eigenvalue weighted by atomic mass is 10.1. The van der Waals surface area contributed by atoms with Crippen LogP contribution >= 0.6 is 0 Å². The van der Waals surface area contributed by atoms with E-state index in [1.54, 1.807) is 12.1 Å². The molecule has 0 amide bonds. The zero-order valence-corrected chi connectivity index (χ0v) is 14.6. The monoisotopic (exact) mass is 337 g/mol. The summed E-state index contributed by atoms with van der Waals surface area (Å²) in [5, 5.41) is 6.48. The Labute approximate surface area is 143 Å². The standard InChI is InChI=1S/C18H28FN3O2/c1-3-20-18(22-14-15-9-11-16(19)12-10-15)21-13-7-5-4-6-8-17(23)24-2/h9-12H,3-8,13-14H2,1-2H3,(H2,20,21,22). The second-order valence-electron chi connectivity index (χ2n) is 5.49. The Morgan fingerprint density at radius 3 is 2.50 bits per heavy atom. The summed E-state index contributed by atoms with van der Waals surface area (Å²) in [5.41, 5.74) is 0.969. The molecule has 0 aromatic heterocycles. The molecule has 0 atom stereocenters. The lowest BCUT2D eigenvalue weighted by Gasteiger charge is -2.11. The number of benzene rings is 1. The second kappa shape index (κ2) is 12.3. The van der Waals surface area contributed by atoms with Gasteiger partial charge in [-0.1, -0.05) is 25.0 Å². The lowest BCUT2D eigenvalue weighted by molar-refractivity contribution is -0.140. The van der Waals surface area contributed by atoms with Gasteiger partial charge in [0.05, 0.1) is 13.7 Å². The molecule has 0 saturated heterocycles. The van der Waals surface area contributed by atoms with E-state index in [9.17, 15) is 9.18 Å². The van der Waals surface area contributed by atoms with Crippen LogP contribution in [-0.2, 0) is 16.1 Å². The molecule has 0 fully saturated rings. The Balaban J connectivity index is 2.24. The molecule has 0 radical (unpaired) electrons. The summed E-state index contributed by atoms with van der Waals surface area (Å²) >= 11 is 0. The molecule has 1 aromatic carbocycles. The summed E-state index contributed by atoms with van der Waals surface area (Å²) in [7, 11) is 1.42. The molecule has 0 saturated carbocycles. The van der Waals surface area contributed by atoms with Crippen molar-refractivity contribution in [3.63, 3.8) is 0 Å². The SMILES string of the molecule is CCNC(=NCc1ccc(F)cc1)NCCCCCCC(=O)OC. The van der Waals surface area contributed by atoms with Crippen LogP contribution < -0.4 is 10.6 Å². The molecule has 134 valence electrons. The molecule has 0 aliphatic carbocycles. The van der Waals surface area contributed by atoms with Gasteiger partial charge in [0.1, 0.15) is 5.82 Å². The predicted molar refractivity (Wildman–Crippen MR) is 94.3 cm³/mol. The number of ether oxygens (including phenoxy) is 1. The second-order valence-corrected chi connectivity index (χ2v) is 5.49. The highest BCUT2D eigenvalue weighted by molar-refractivity contribution is 5.79. The number of rotatable bonds is 10. The number of halogens is 1. The van der Waals surface area contributed by atoms with E-state index in [1.807, 2.05) is 6.92 Å². The van der Waals surface area contributed by atoms with E-state index >= 15 is 0 Å². The lowest BCUT2D eigenvalue weighted by Crippen LogP contribution is -2.37. The van der Waals surface area contributed by atoms with Crippen LogP contribution in [0.5, 0.6) is 0 Å². The molecule has 0 unspecified atom stereocenters. The smallest absolute Gasteiger partial charge is 0.305 e. The largest absolute Gasteiger partial charge is 0.469 e. The molecule has 0 spiro atoms. The number of hydrogen-bond donors (Lipinski definition) is 2. The third kappa shape index (κ3) is 9.12. The average molecular weight is 337 g/mol. The number of nitrogens with one attached hydrogen (secondary N) is 2. The van der Waals surface area contributed by atoms with Crippen LogP contribution in [0.15, 0.2) is 29.3 Å². The molecule has 0 aliphatic rings. The van der Waals surface area contributed by atoms with Gasteiger partial charge in [-0.3, -0.25) is 4.79 Å². The summed E-state index contributed by atoms with van der Waals surface area (Å²) in [6, 6.07) is 6.37. The summed E-state index contributed by atoms with van der Waals surface area (Å²) in [4.78, 5) is 15.5. The number of unbranched alkanes of at least 4 members (excludes halogenated alkanes) is 3. The van der Waals surface area contributed by atoms with Crippen molar-refractivity contribution in [3.05, 3.63) is 35.6 Å². The average Bonchev–Trinajstić information content (AvgIpc) is 2.59. The third-order valence-corrected chi connectivity index (χ3v) is 3.51. The zero-order valence-electron chi connectivity index (χ0n) is 14.6. The normalized spacial score (nSPS) is 11.2. The number of carbonyl (C=O) groups excluding carboxylic acids is 1. The third-order valence-electron chi connectivity index (χ3n) is 3.51. The van der Waals surface area contributed by atoms with Crippen LogP contribution in [0.1, 0.15) is 44.6 Å². The number of nitrogens with zero attached hydrogens (tertiary/aromatic N) is 1. The number of carbonyl (C=O) groups is 1. The maximum absolute atomic E-state index is 12.9. The highest BCUT2D eigenvalue weighted by Crippen LogP contribution is 2.04. The first-order valence-electron chi connectivity index (χ1n) is 8.49.